The maximum Gasteiger partial charge on any atom is 0.264 e. The zero-order valence-electron chi connectivity index (χ0n) is 21.7. The summed E-state index contributed by atoms with van der Waals surface area (Å²) in [6, 6.07) is 22.8. The smallest absolute Gasteiger partial charge is 0.264 e. The fraction of sp³-hybridized carbons (Fsp3) is 0.286. The minimum atomic E-state index is -3.52. The Morgan fingerprint density at radius 1 is 0.865 bits per heavy atom. The Hall–Kier alpha value is -3.11. The third kappa shape index (κ3) is 7.45. The molecule has 4 rings (SSSR count). The molecule has 0 radical (unpaired) electrons. The highest BCUT2D eigenvalue weighted by molar-refractivity contribution is 7.85. The van der Waals surface area contributed by atoms with Crippen molar-refractivity contribution in [1.82, 2.24) is 14.5 Å². The lowest BCUT2D eigenvalue weighted by Crippen LogP contribution is -2.22. The Bertz CT molecular complexity index is 1420. The molecule has 0 bridgehead atoms. The van der Waals surface area contributed by atoms with E-state index in [-0.39, 0.29) is 6.61 Å². The van der Waals surface area contributed by atoms with E-state index in [0.29, 0.717) is 13.3 Å². The summed E-state index contributed by atoms with van der Waals surface area (Å²) in [4.78, 5) is 9.28. The van der Waals surface area contributed by atoms with Crippen LogP contribution in [-0.2, 0) is 32.4 Å². The van der Waals surface area contributed by atoms with Crippen LogP contribution in [0.25, 0.3) is 33.9 Å². The van der Waals surface area contributed by atoms with E-state index in [9.17, 15) is 8.42 Å². The summed E-state index contributed by atoms with van der Waals surface area (Å²) < 4.78 is 36.1. The Kier molecular flexibility index (Phi) is 8.38. The van der Waals surface area contributed by atoms with E-state index < -0.39 is 18.2 Å². The summed E-state index contributed by atoms with van der Waals surface area (Å²) in [5, 5.41) is 0. The molecule has 0 aliphatic rings. The quantitative estimate of drug-likeness (QED) is 0.132. The van der Waals surface area contributed by atoms with Gasteiger partial charge in [-0.2, -0.15) is 8.42 Å². The van der Waals surface area contributed by atoms with Crippen molar-refractivity contribution in [2.24, 2.45) is 0 Å². The minimum Gasteiger partial charge on any atom is -0.361 e. The van der Waals surface area contributed by atoms with Crippen molar-refractivity contribution in [1.29, 1.82) is 0 Å². The van der Waals surface area contributed by atoms with E-state index in [1.165, 1.54) is 0 Å². The Labute approximate surface area is 220 Å². The predicted octanol–water partition coefficient (Wildman–Crippen LogP) is 6.07. The Balaban J connectivity index is 1.79. The van der Waals surface area contributed by atoms with Crippen molar-refractivity contribution in [3.05, 3.63) is 84.7 Å². The third-order valence-corrected chi connectivity index (χ3v) is 8.09. The van der Waals surface area contributed by atoms with Gasteiger partial charge in [0.25, 0.3) is 10.1 Å². The molecule has 37 heavy (non-hydrogen) atoms. The van der Waals surface area contributed by atoms with Crippen LogP contribution in [0.1, 0.15) is 5.56 Å². The SMILES string of the molecule is C[Si](C)(C)CCOCn1c(-c2ccccc2)nc(-c2ccncc2)c1-c1ccc(COS(C)(=O)=O)cc1. The van der Waals surface area contributed by atoms with Gasteiger partial charge in [0.1, 0.15) is 12.6 Å². The van der Waals surface area contributed by atoms with E-state index in [0.717, 1.165) is 51.8 Å². The van der Waals surface area contributed by atoms with Crippen LogP contribution in [0.5, 0.6) is 0 Å². The first-order valence-electron chi connectivity index (χ1n) is 12.2. The Morgan fingerprint density at radius 3 is 2.16 bits per heavy atom. The second-order valence-corrected chi connectivity index (χ2v) is 17.4. The van der Waals surface area contributed by atoms with Crippen LogP contribution in [-0.4, -0.2) is 43.9 Å². The highest BCUT2D eigenvalue weighted by atomic mass is 32.2. The molecule has 0 aliphatic carbocycles. The minimum absolute atomic E-state index is 0.00927. The van der Waals surface area contributed by atoms with Gasteiger partial charge in [0.05, 0.1) is 24.3 Å². The molecule has 7 nitrogen and oxygen atoms in total. The number of nitrogens with zero attached hydrogens (tertiary/aromatic N) is 3. The number of hydrogen-bond acceptors (Lipinski definition) is 6. The van der Waals surface area contributed by atoms with Crippen LogP contribution in [0.15, 0.2) is 79.1 Å². The second kappa shape index (κ2) is 11.5. The molecule has 0 atom stereocenters. The van der Waals surface area contributed by atoms with Crippen LogP contribution in [0.4, 0.5) is 0 Å². The molecule has 4 aromatic rings. The highest BCUT2D eigenvalue weighted by Crippen LogP contribution is 2.36. The van der Waals surface area contributed by atoms with Crippen molar-refractivity contribution >= 4 is 18.2 Å². The molecule has 0 saturated heterocycles. The normalized spacial score (nSPS) is 12.1. The van der Waals surface area contributed by atoms with Gasteiger partial charge in [0.15, 0.2) is 0 Å². The van der Waals surface area contributed by atoms with Gasteiger partial charge in [-0.05, 0) is 23.7 Å². The highest BCUT2D eigenvalue weighted by Gasteiger charge is 2.22. The molecule has 194 valence electrons. The Morgan fingerprint density at radius 2 is 1.54 bits per heavy atom. The molecule has 0 fully saturated rings. The molecule has 0 unspecified atom stereocenters. The summed E-state index contributed by atoms with van der Waals surface area (Å²) >= 11 is 0. The molecular weight excluding hydrogens is 502 g/mol. The number of imidazole rings is 1. The fourth-order valence-electron chi connectivity index (χ4n) is 3.86. The zero-order valence-corrected chi connectivity index (χ0v) is 23.5. The summed E-state index contributed by atoms with van der Waals surface area (Å²) in [6.07, 6.45) is 4.57. The van der Waals surface area contributed by atoms with Crippen LogP contribution in [0.2, 0.25) is 25.7 Å². The molecule has 0 amide bonds. The van der Waals surface area contributed by atoms with E-state index in [1.807, 2.05) is 66.7 Å². The molecule has 0 spiro atoms. The summed E-state index contributed by atoms with van der Waals surface area (Å²) in [7, 11) is -4.76. The predicted molar refractivity (Wildman–Crippen MR) is 150 cm³/mol. The van der Waals surface area contributed by atoms with E-state index in [1.54, 1.807) is 12.4 Å². The summed E-state index contributed by atoms with van der Waals surface area (Å²) in [5.74, 6) is 0.819. The number of rotatable bonds is 11. The van der Waals surface area contributed by atoms with Crippen LogP contribution >= 0.6 is 0 Å². The van der Waals surface area contributed by atoms with E-state index in [4.69, 9.17) is 13.9 Å². The van der Waals surface area contributed by atoms with Gasteiger partial charge in [-0.3, -0.25) is 13.7 Å². The van der Waals surface area contributed by atoms with E-state index in [2.05, 4.69) is 29.2 Å². The van der Waals surface area contributed by atoms with Gasteiger partial charge >= 0.3 is 0 Å². The van der Waals surface area contributed by atoms with Crippen molar-refractivity contribution < 1.29 is 17.3 Å². The number of ether oxygens (including phenoxy) is 1. The third-order valence-electron chi connectivity index (χ3n) is 5.84. The van der Waals surface area contributed by atoms with Crippen molar-refractivity contribution in [2.75, 3.05) is 12.9 Å². The standard InChI is InChI=1S/C28H33N3O4SSi/c1-36(32,33)35-20-22-10-12-24(13-11-22)27-26(23-14-16-29-17-15-23)30-28(25-8-6-5-7-9-25)31(27)21-34-18-19-37(2,3)4/h5-17H,18-21H2,1-4H3. The van der Waals surface area contributed by atoms with Crippen LogP contribution in [0, 0.1) is 0 Å². The summed E-state index contributed by atoms with van der Waals surface area (Å²) in [6.45, 7) is 8.06. The number of pyridine rings is 1. The number of benzene rings is 2. The first kappa shape index (κ1) is 26.9. The zero-order chi connectivity index (χ0) is 26.5. The van der Waals surface area contributed by atoms with Crippen molar-refractivity contribution in [3.63, 3.8) is 0 Å². The molecule has 0 saturated carbocycles. The number of hydrogen-bond donors (Lipinski definition) is 0. The van der Waals surface area contributed by atoms with Crippen LogP contribution < -0.4 is 0 Å². The molecule has 2 heterocycles. The average Bonchev–Trinajstić information content (AvgIpc) is 3.25. The fourth-order valence-corrected chi connectivity index (χ4v) is 4.96. The lowest BCUT2D eigenvalue weighted by molar-refractivity contribution is 0.0893. The van der Waals surface area contributed by atoms with Gasteiger partial charge in [-0.15, -0.1) is 0 Å². The van der Waals surface area contributed by atoms with Gasteiger partial charge < -0.3 is 4.74 Å². The lowest BCUT2D eigenvalue weighted by atomic mass is 10.0. The lowest BCUT2D eigenvalue weighted by Gasteiger charge is -2.18. The topological polar surface area (TPSA) is 83.3 Å². The molecular formula is C28H33N3O4SSi. The first-order valence-corrected chi connectivity index (χ1v) is 17.7. The molecule has 0 N–H and O–H groups in total. The monoisotopic (exact) mass is 535 g/mol. The largest absolute Gasteiger partial charge is 0.361 e. The van der Waals surface area contributed by atoms with E-state index >= 15 is 0 Å². The first-order chi connectivity index (χ1) is 17.6. The van der Waals surface area contributed by atoms with Gasteiger partial charge in [-0.25, -0.2) is 4.98 Å². The van der Waals surface area contributed by atoms with Crippen molar-refractivity contribution in [2.45, 2.75) is 39.0 Å². The molecule has 2 aromatic heterocycles. The molecule has 9 heteroatoms. The van der Waals surface area contributed by atoms with Gasteiger partial charge in [0, 0.05) is 43.8 Å². The maximum atomic E-state index is 11.4. The van der Waals surface area contributed by atoms with Crippen LogP contribution in [0.3, 0.4) is 0 Å². The van der Waals surface area contributed by atoms with Gasteiger partial charge in [-0.1, -0.05) is 74.2 Å². The van der Waals surface area contributed by atoms with Gasteiger partial charge in [0.2, 0.25) is 0 Å². The maximum absolute atomic E-state index is 11.4. The number of aromatic nitrogens is 3. The summed E-state index contributed by atoms with van der Waals surface area (Å²) in [5.41, 5.74) is 5.41. The molecule has 0 aliphatic heterocycles. The van der Waals surface area contributed by atoms with Crippen molar-refractivity contribution in [3.8, 4) is 33.9 Å². The second-order valence-electron chi connectivity index (χ2n) is 10.2. The average molecular weight is 536 g/mol. The molecule has 2 aromatic carbocycles.